The van der Waals surface area contributed by atoms with Gasteiger partial charge in [0.05, 0.1) is 11.9 Å². The molecule has 2 aromatic heterocycles. The molecule has 3 rings (SSSR count). The number of aromatic nitrogens is 4. The Hall–Kier alpha value is -2.21. The average Bonchev–Trinajstić information content (AvgIpc) is 2.82. The van der Waals surface area contributed by atoms with E-state index in [4.69, 9.17) is 5.73 Å². The Kier molecular flexibility index (Phi) is 3.00. The summed E-state index contributed by atoms with van der Waals surface area (Å²) >= 11 is 3.51. The summed E-state index contributed by atoms with van der Waals surface area (Å²) < 4.78 is 2.54. The fourth-order valence-electron chi connectivity index (χ4n) is 1.78. The van der Waals surface area contributed by atoms with Crippen molar-refractivity contribution >= 4 is 21.7 Å². The molecule has 0 saturated carbocycles. The van der Waals surface area contributed by atoms with Crippen molar-refractivity contribution in [1.29, 1.82) is 0 Å². The van der Waals surface area contributed by atoms with Gasteiger partial charge in [-0.15, -0.1) is 0 Å². The topological polar surface area (TPSA) is 69.6 Å². The first kappa shape index (κ1) is 11.9. The van der Waals surface area contributed by atoms with E-state index in [9.17, 15) is 0 Å². The predicted octanol–water partition coefficient (Wildman–Crippen LogP) is 2.67. The SMILES string of the molecule is Nc1cc(-c2ccccc2Br)nn1-c1cnccn1. The smallest absolute Gasteiger partial charge is 0.174 e. The summed E-state index contributed by atoms with van der Waals surface area (Å²) in [4.78, 5) is 8.20. The second kappa shape index (κ2) is 4.81. The largest absolute Gasteiger partial charge is 0.384 e. The standard InChI is InChI=1S/C13H10BrN5/c14-10-4-2-1-3-9(10)11-7-12(15)19(18-11)13-8-16-5-6-17-13/h1-8H,15H2. The van der Waals surface area contributed by atoms with E-state index >= 15 is 0 Å². The van der Waals surface area contributed by atoms with E-state index in [1.165, 1.54) is 0 Å². The summed E-state index contributed by atoms with van der Waals surface area (Å²) in [5, 5.41) is 4.47. The quantitative estimate of drug-likeness (QED) is 0.789. The van der Waals surface area contributed by atoms with Gasteiger partial charge in [0.15, 0.2) is 5.82 Å². The zero-order chi connectivity index (χ0) is 13.2. The first-order valence-electron chi connectivity index (χ1n) is 5.62. The molecule has 0 unspecified atom stereocenters. The number of anilines is 1. The Morgan fingerprint density at radius 1 is 1.16 bits per heavy atom. The van der Waals surface area contributed by atoms with E-state index in [1.54, 1.807) is 23.3 Å². The monoisotopic (exact) mass is 315 g/mol. The maximum atomic E-state index is 5.98. The van der Waals surface area contributed by atoms with Crippen molar-refractivity contribution in [3.8, 4) is 17.1 Å². The Labute approximate surface area is 118 Å². The van der Waals surface area contributed by atoms with E-state index in [0.29, 0.717) is 11.6 Å². The van der Waals surface area contributed by atoms with Crippen LogP contribution in [-0.4, -0.2) is 19.7 Å². The number of halogens is 1. The molecular formula is C13H10BrN5. The molecule has 6 heteroatoms. The molecule has 94 valence electrons. The molecule has 2 N–H and O–H groups in total. The number of nitrogens with zero attached hydrogens (tertiary/aromatic N) is 4. The van der Waals surface area contributed by atoms with E-state index in [1.807, 2.05) is 30.3 Å². The number of hydrogen-bond acceptors (Lipinski definition) is 4. The van der Waals surface area contributed by atoms with Crippen LogP contribution in [0.5, 0.6) is 0 Å². The van der Waals surface area contributed by atoms with Gasteiger partial charge in [-0.2, -0.15) is 9.78 Å². The maximum Gasteiger partial charge on any atom is 0.174 e. The molecule has 0 aliphatic heterocycles. The molecule has 0 spiro atoms. The minimum atomic E-state index is 0.520. The van der Waals surface area contributed by atoms with Crippen molar-refractivity contribution in [2.45, 2.75) is 0 Å². The van der Waals surface area contributed by atoms with Gasteiger partial charge in [0.25, 0.3) is 0 Å². The number of rotatable bonds is 2. The second-order valence-corrected chi connectivity index (χ2v) is 4.76. The van der Waals surface area contributed by atoms with Crippen molar-refractivity contribution in [2.75, 3.05) is 5.73 Å². The van der Waals surface area contributed by atoms with Crippen LogP contribution in [0.25, 0.3) is 17.1 Å². The van der Waals surface area contributed by atoms with Crippen LogP contribution in [0.1, 0.15) is 0 Å². The molecule has 0 radical (unpaired) electrons. The highest BCUT2D eigenvalue weighted by Crippen LogP contribution is 2.28. The van der Waals surface area contributed by atoms with E-state index in [0.717, 1.165) is 15.7 Å². The van der Waals surface area contributed by atoms with Crippen molar-refractivity contribution in [2.24, 2.45) is 0 Å². The molecule has 0 amide bonds. The maximum absolute atomic E-state index is 5.98. The third-order valence-electron chi connectivity index (χ3n) is 2.65. The summed E-state index contributed by atoms with van der Waals surface area (Å²) in [6.07, 6.45) is 4.83. The molecule has 0 fully saturated rings. The van der Waals surface area contributed by atoms with Crippen LogP contribution in [0.2, 0.25) is 0 Å². The van der Waals surface area contributed by atoms with Gasteiger partial charge in [-0.3, -0.25) is 4.98 Å². The van der Waals surface area contributed by atoms with Gasteiger partial charge in [0.1, 0.15) is 5.82 Å². The Morgan fingerprint density at radius 2 is 2.00 bits per heavy atom. The fraction of sp³-hybridized carbons (Fsp3) is 0. The van der Waals surface area contributed by atoms with Crippen LogP contribution in [-0.2, 0) is 0 Å². The average molecular weight is 316 g/mol. The van der Waals surface area contributed by atoms with Crippen LogP contribution in [0.3, 0.4) is 0 Å². The lowest BCUT2D eigenvalue weighted by Crippen LogP contribution is -2.03. The Balaban J connectivity index is 2.10. The summed E-state index contributed by atoms with van der Waals surface area (Å²) in [5.41, 5.74) is 7.75. The van der Waals surface area contributed by atoms with Crippen molar-refractivity contribution in [1.82, 2.24) is 19.7 Å². The molecular weight excluding hydrogens is 306 g/mol. The van der Waals surface area contributed by atoms with Crippen LogP contribution in [0.4, 0.5) is 5.82 Å². The van der Waals surface area contributed by atoms with Crippen molar-refractivity contribution < 1.29 is 0 Å². The highest BCUT2D eigenvalue weighted by molar-refractivity contribution is 9.10. The fourth-order valence-corrected chi connectivity index (χ4v) is 2.27. The molecule has 5 nitrogen and oxygen atoms in total. The van der Waals surface area contributed by atoms with E-state index < -0.39 is 0 Å². The van der Waals surface area contributed by atoms with Crippen LogP contribution < -0.4 is 5.73 Å². The second-order valence-electron chi connectivity index (χ2n) is 3.91. The summed E-state index contributed by atoms with van der Waals surface area (Å²) in [6.45, 7) is 0. The highest BCUT2D eigenvalue weighted by Gasteiger charge is 2.11. The number of nitrogens with two attached hydrogens (primary N) is 1. The zero-order valence-corrected chi connectivity index (χ0v) is 11.4. The molecule has 0 atom stereocenters. The van der Waals surface area contributed by atoms with Gasteiger partial charge >= 0.3 is 0 Å². The molecule has 1 aromatic carbocycles. The van der Waals surface area contributed by atoms with Gasteiger partial charge in [0, 0.05) is 28.5 Å². The van der Waals surface area contributed by atoms with Crippen LogP contribution in [0.15, 0.2) is 53.4 Å². The molecule has 0 bridgehead atoms. The van der Waals surface area contributed by atoms with Crippen LogP contribution in [0, 0.1) is 0 Å². The Bertz CT molecular complexity index is 708. The predicted molar refractivity (Wildman–Crippen MR) is 76.7 cm³/mol. The third-order valence-corrected chi connectivity index (χ3v) is 3.34. The van der Waals surface area contributed by atoms with E-state index in [-0.39, 0.29) is 0 Å². The summed E-state index contributed by atoms with van der Waals surface area (Å²) in [6, 6.07) is 9.67. The molecule has 0 aliphatic rings. The van der Waals surface area contributed by atoms with Gasteiger partial charge in [0.2, 0.25) is 0 Å². The minimum Gasteiger partial charge on any atom is -0.384 e. The molecule has 19 heavy (non-hydrogen) atoms. The van der Waals surface area contributed by atoms with Crippen LogP contribution >= 0.6 is 15.9 Å². The first-order valence-corrected chi connectivity index (χ1v) is 6.42. The molecule has 2 heterocycles. The lowest BCUT2D eigenvalue weighted by Gasteiger charge is -2.01. The molecule has 3 aromatic rings. The summed E-state index contributed by atoms with van der Waals surface area (Å²) in [5.74, 6) is 1.12. The third kappa shape index (κ3) is 2.22. The molecule has 0 aliphatic carbocycles. The summed E-state index contributed by atoms with van der Waals surface area (Å²) in [7, 11) is 0. The lowest BCUT2D eigenvalue weighted by molar-refractivity contribution is 0.850. The Morgan fingerprint density at radius 3 is 2.74 bits per heavy atom. The minimum absolute atomic E-state index is 0.520. The number of hydrogen-bond donors (Lipinski definition) is 1. The number of benzene rings is 1. The van der Waals surface area contributed by atoms with Gasteiger partial charge in [-0.25, -0.2) is 4.98 Å². The first-order chi connectivity index (χ1) is 9.25. The van der Waals surface area contributed by atoms with E-state index in [2.05, 4.69) is 31.0 Å². The van der Waals surface area contributed by atoms with Gasteiger partial charge in [-0.1, -0.05) is 34.1 Å². The molecule has 0 saturated heterocycles. The van der Waals surface area contributed by atoms with Gasteiger partial charge in [-0.05, 0) is 6.07 Å². The van der Waals surface area contributed by atoms with Crippen molar-refractivity contribution in [3.05, 3.63) is 53.4 Å². The normalized spacial score (nSPS) is 10.6. The zero-order valence-electron chi connectivity index (χ0n) is 9.86. The lowest BCUT2D eigenvalue weighted by atomic mass is 10.1. The van der Waals surface area contributed by atoms with Gasteiger partial charge < -0.3 is 5.73 Å². The van der Waals surface area contributed by atoms with Crippen molar-refractivity contribution in [3.63, 3.8) is 0 Å². The highest BCUT2D eigenvalue weighted by atomic mass is 79.9. The number of nitrogen functional groups attached to an aromatic ring is 1.